The zero-order valence-corrected chi connectivity index (χ0v) is 21.8. The van der Waals surface area contributed by atoms with E-state index in [9.17, 15) is 0 Å². The Morgan fingerprint density at radius 1 is 0.281 bits per heavy atom. The van der Waals surface area contributed by atoms with E-state index in [0.717, 1.165) is 0 Å². The van der Waals surface area contributed by atoms with Crippen LogP contribution >= 0.6 is 46.9 Å². The van der Waals surface area contributed by atoms with E-state index in [1.165, 1.54) is 0 Å². The largest absolute Gasteiger partial charge is 3.00 e. The summed E-state index contributed by atoms with van der Waals surface area (Å²) in [5, 5.41) is 0. The monoisotopic (exact) mass is 636 g/mol. The standard InChI is InChI=1S/2Al.6H3O4P/c;;6*1-5(2,3)4/h;;6*(H3,1,2,3,4)/q2*+3;;;;;;/p-6. The van der Waals surface area contributed by atoms with E-state index in [-0.39, 0.29) is 34.7 Å². The average molecular weight is 636 g/mol. The summed E-state index contributed by atoms with van der Waals surface area (Å²) in [4.78, 5) is 138. The van der Waals surface area contributed by atoms with Crippen LogP contribution in [0.1, 0.15) is 0 Å². The molecule has 12 N–H and O–H groups in total. The van der Waals surface area contributed by atoms with Crippen molar-refractivity contribution in [3.8, 4) is 0 Å². The molecule has 32 heavy (non-hydrogen) atoms. The number of hydrogen-bond acceptors (Lipinski definition) is 12. The van der Waals surface area contributed by atoms with E-state index < -0.39 is 46.9 Å². The van der Waals surface area contributed by atoms with Gasteiger partial charge in [0.15, 0.2) is 0 Å². The molecule has 0 unspecified atom stereocenters. The molecule has 0 fully saturated rings. The molecule has 0 aromatic heterocycles. The van der Waals surface area contributed by atoms with Crippen LogP contribution in [0.5, 0.6) is 0 Å². The molecule has 0 bridgehead atoms. The van der Waals surface area contributed by atoms with Crippen LogP contribution in [0.4, 0.5) is 0 Å². The molecule has 0 amide bonds. The third kappa shape index (κ3) is 10100. The smallest absolute Gasteiger partial charge is 0.756 e. The molecule has 0 atom stereocenters. The number of phosphoric acid groups is 6. The molecule has 0 aliphatic carbocycles. The van der Waals surface area contributed by atoms with Gasteiger partial charge < -0.3 is 88.1 Å². The maximum atomic E-state index is 8.77. The van der Waals surface area contributed by atoms with E-state index in [1.807, 2.05) is 0 Å². The van der Waals surface area contributed by atoms with E-state index >= 15 is 0 Å². The second-order valence-corrected chi connectivity index (χ2v) is 8.83. The molecule has 24 nitrogen and oxygen atoms in total. The fraction of sp³-hybridized carbons (Fsp3) is 0. The Kier molecular flexibility index (Phi) is 39.5. The van der Waals surface area contributed by atoms with Gasteiger partial charge in [-0.2, -0.15) is 0 Å². The van der Waals surface area contributed by atoms with Gasteiger partial charge >= 0.3 is 34.7 Å². The Morgan fingerprint density at radius 2 is 0.281 bits per heavy atom. The molecule has 0 saturated heterocycles. The molecule has 0 saturated carbocycles. The second kappa shape index (κ2) is 23.1. The third-order valence-corrected chi connectivity index (χ3v) is 0. The van der Waals surface area contributed by atoms with Crippen LogP contribution in [-0.4, -0.2) is 93.4 Å². The van der Waals surface area contributed by atoms with Crippen molar-refractivity contribution >= 4 is 81.7 Å². The van der Waals surface area contributed by atoms with E-state index in [2.05, 4.69) is 0 Å². The van der Waals surface area contributed by atoms with E-state index in [0.29, 0.717) is 0 Å². The molecular weight excluding hydrogens is 624 g/mol. The van der Waals surface area contributed by atoms with Gasteiger partial charge in [-0.3, -0.25) is 27.4 Å². The molecule has 0 rings (SSSR count). The molecular formula is H12Al2O24P6. The molecule has 0 aliphatic heterocycles. The SMILES string of the molecule is O=P([O-])(O)O.O=P([O-])(O)O.O=P([O-])(O)O.O=P([O-])(O)O.O=P([O-])(O)O.O=P([O-])(O)O.[Al+3].[Al+3]. The topological polar surface area (TPSA) is 484 Å². The van der Waals surface area contributed by atoms with Gasteiger partial charge in [0.1, 0.15) is 0 Å². The molecule has 32 heteroatoms. The van der Waals surface area contributed by atoms with Crippen LogP contribution < -0.4 is 29.4 Å². The zero-order chi connectivity index (χ0) is 27.0. The summed E-state index contributed by atoms with van der Waals surface area (Å²) >= 11 is 0. The summed E-state index contributed by atoms with van der Waals surface area (Å²) in [6.45, 7) is 0. The summed E-state index contributed by atoms with van der Waals surface area (Å²) < 4.78 is 52.6. The average Bonchev–Trinajstić information content (AvgIpc) is 1.94. The first-order valence-corrected chi connectivity index (χ1v) is 13.8. The van der Waals surface area contributed by atoms with Gasteiger partial charge in [-0.05, 0) is 0 Å². The van der Waals surface area contributed by atoms with Gasteiger partial charge in [-0.25, -0.2) is 0 Å². The van der Waals surface area contributed by atoms with Gasteiger partial charge in [-0.1, -0.05) is 0 Å². The first-order valence-electron chi connectivity index (χ1n) is 4.59. The van der Waals surface area contributed by atoms with Crippen molar-refractivity contribution < 1.29 is 115 Å². The van der Waals surface area contributed by atoms with Crippen LogP contribution in [0.2, 0.25) is 0 Å². The molecule has 192 valence electrons. The van der Waals surface area contributed by atoms with Gasteiger partial charge in [0.25, 0.3) is 46.9 Å². The maximum absolute atomic E-state index is 8.77. The number of hydrogen-bond donors (Lipinski definition) is 12. The van der Waals surface area contributed by atoms with Crippen molar-refractivity contribution in [3.63, 3.8) is 0 Å². The second-order valence-electron chi connectivity index (χ2n) is 2.94. The van der Waals surface area contributed by atoms with E-state index in [4.69, 9.17) is 115 Å². The molecule has 0 aromatic rings. The fourth-order valence-electron chi connectivity index (χ4n) is 0. The van der Waals surface area contributed by atoms with Crippen molar-refractivity contribution in [2.75, 3.05) is 0 Å². The molecule has 0 heterocycles. The minimum absolute atomic E-state index is 0. The van der Waals surface area contributed by atoms with Crippen LogP contribution in [0.25, 0.3) is 0 Å². The predicted octanol–water partition coefficient (Wildman–Crippen LogP) is -10.1. The van der Waals surface area contributed by atoms with Crippen LogP contribution in [0.15, 0.2) is 0 Å². The summed E-state index contributed by atoms with van der Waals surface area (Å²) in [5.74, 6) is 0. The van der Waals surface area contributed by atoms with Gasteiger partial charge in [0.2, 0.25) is 0 Å². The summed E-state index contributed by atoms with van der Waals surface area (Å²) in [5.41, 5.74) is 0. The van der Waals surface area contributed by atoms with Crippen molar-refractivity contribution in [3.05, 3.63) is 0 Å². The third-order valence-electron chi connectivity index (χ3n) is 0. The predicted molar refractivity (Wildman–Crippen MR) is 83.8 cm³/mol. The Hall–Kier alpha value is 1.72. The van der Waals surface area contributed by atoms with Crippen LogP contribution in [0.3, 0.4) is 0 Å². The van der Waals surface area contributed by atoms with Crippen LogP contribution in [-0.2, 0) is 27.4 Å². The Morgan fingerprint density at radius 3 is 0.281 bits per heavy atom. The van der Waals surface area contributed by atoms with Crippen molar-refractivity contribution in [1.82, 2.24) is 0 Å². The fourth-order valence-corrected chi connectivity index (χ4v) is 0. The minimum Gasteiger partial charge on any atom is -0.756 e. The van der Waals surface area contributed by atoms with Crippen LogP contribution in [0, 0.1) is 0 Å². The molecule has 0 aliphatic rings. The van der Waals surface area contributed by atoms with Crippen molar-refractivity contribution in [2.24, 2.45) is 0 Å². The van der Waals surface area contributed by atoms with Gasteiger partial charge in [0.05, 0.1) is 0 Å². The molecule has 0 radical (unpaired) electrons. The van der Waals surface area contributed by atoms with Gasteiger partial charge in [0, 0.05) is 0 Å². The Bertz CT molecular complexity index is 465. The Balaban J connectivity index is -0.0000000356. The maximum Gasteiger partial charge on any atom is 3.00 e. The van der Waals surface area contributed by atoms with E-state index in [1.54, 1.807) is 0 Å². The summed E-state index contributed by atoms with van der Waals surface area (Å²) in [6.07, 6.45) is 0. The van der Waals surface area contributed by atoms with Crippen molar-refractivity contribution in [1.29, 1.82) is 0 Å². The molecule has 0 spiro atoms. The minimum atomic E-state index is -4.89. The quantitative estimate of drug-likeness (QED) is 0.0867. The van der Waals surface area contributed by atoms with Gasteiger partial charge in [-0.15, -0.1) is 0 Å². The Labute approximate surface area is 197 Å². The van der Waals surface area contributed by atoms with Crippen molar-refractivity contribution in [2.45, 2.75) is 0 Å². The number of rotatable bonds is 0. The first kappa shape index (κ1) is 54.6. The summed E-state index contributed by atoms with van der Waals surface area (Å²) in [7, 11) is -29.3. The zero-order valence-electron chi connectivity index (χ0n) is 14.1. The summed E-state index contributed by atoms with van der Waals surface area (Å²) in [6, 6.07) is 0. The molecule has 0 aromatic carbocycles. The first-order chi connectivity index (χ1) is 12.0. The normalized spacial score (nSPS) is 11.1.